The van der Waals surface area contributed by atoms with E-state index >= 15 is 0 Å². The molecule has 0 fully saturated rings. The van der Waals surface area contributed by atoms with Crippen LogP contribution >= 0.6 is 0 Å². The van der Waals surface area contributed by atoms with Gasteiger partial charge in [0.1, 0.15) is 0 Å². The second kappa shape index (κ2) is 59.2. The number of aliphatic hydroxyl groups excluding tert-OH is 2. The van der Waals surface area contributed by atoms with E-state index in [0.29, 0.717) is 19.4 Å². The summed E-state index contributed by atoms with van der Waals surface area (Å²) in [4.78, 5) is 24.5. The van der Waals surface area contributed by atoms with E-state index in [1.54, 1.807) is 6.08 Å². The Hall–Kier alpha value is -1.40. The molecular formula is C63H123NO5. The smallest absolute Gasteiger partial charge is 0.305 e. The second-order valence-corrected chi connectivity index (χ2v) is 21.8. The Morgan fingerprint density at radius 2 is 0.667 bits per heavy atom. The van der Waals surface area contributed by atoms with Crippen LogP contribution in [0.4, 0.5) is 0 Å². The lowest BCUT2D eigenvalue weighted by Crippen LogP contribution is -2.45. The Balaban J connectivity index is 3.42. The fraction of sp³-hybridized carbons (Fsp3) is 0.937. The molecule has 0 heterocycles. The van der Waals surface area contributed by atoms with E-state index < -0.39 is 12.1 Å². The molecule has 0 aliphatic rings. The van der Waals surface area contributed by atoms with Crippen molar-refractivity contribution in [3.05, 3.63) is 12.2 Å². The van der Waals surface area contributed by atoms with E-state index in [2.05, 4.69) is 19.2 Å². The Morgan fingerprint density at radius 3 is 0.986 bits per heavy atom. The zero-order chi connectivity index (χ0) is 50.0. The summed E-state index contributed by atoms with van der Waals surface area (Å²) in [6.45, 7) is 4.93. The lowest BCUT2D eigenvalue weighted by Gasteiger charge is -2.20. The van der Waals surface area contributed by atoms with Crippen LogP contribution in [0.15, 0.2) is 12.2 Å². The minimum Gasteiger partial charge on any atom is -0.466 e. The minimum absolute atomic E-state index is 0.0114. The summed E-state index contributed by atoms with van der Waals surface area (Å²) in [6, 6.07) is -0.630. The van der Waals surface area contributed by atoms with Crippen LogP contribution in [0.25, 0.3) is 0 Å². The zero-order valence-electron chi connectivity index (χ0n) is 46.8. The zero-order valence-corrected chi connectivity index (χ0v) is 46.8. The number of rotatable bonds is 59. The third-order valence-electron chi connectivity index (χ3n) is 14.8. The summed E-state index contributed by atoms with van der Waals surface area (Å²) in [6.07, 6.45) is 71.0. The lowest BCUT2D eigenvalue weighted by atomic mass is 10.0. The summed E-state index contributed by atoms with van der Waals surface area (Å²) in [5.74, 6) is -0.0559. The highest BCUT2D eigenvalue weighted by atomic mass is 16.5. The van der Waals surface area contributed by atoms with Crippen molar-refractivity contribution in [1.82, 2.24) is 5.32 Å². The van der Waals surface area contributed by atoms with E-state index in [9.17, 15) is 19.8 Å². The largest absolute Gasteiger partial charge is 0.466 e. The topological polar surface area (TPSA) is 95.9 Å². The summed E-state index contributed by atoms with van der Waals surface area (Å²) >= 11 is 0. The minimum atomic E-state index is -0.846. The Morgan fingerprint density at radius 1 is 0.391 bits per heavy atom. The highest BCUT2D eigenvalue weighted by Crippen LogP contribution is 2.18. The lowest BCUT2D eigenvalue weighted by molar-refractivity contribution is -0.143. The summed E-state index contributed by atoms with van der Waals surface area (Å²) in [5, 5.41) is 23.2. The average Bonchev–Trinajstić information content (AvgIpc) is 3.35. The van der Waals surface area contributed by atoms with Crippen molar-refractivity contribution in [1.29, 1.82) is 0 Å². The monoisotopic (exact) mass is 974 g/mol. The standard InChI is InChI=1S/C63H123NO5/c1-3-5-7-9-11-13-15-17-19-20-22-25-28-31-35-39-43-47-51-55-61(66)60(59-65)64-62(67)56-52-48-44-40-36-32-29-26-23-21-24-27-30-34-38-42-46-50-54-58-69-63(68)57-53-49-45-41-37-33-18-16-14-12-10-8-6-4-2/h51,55,60-61,65-66H,3-50,52-54,56-59H2,1-2H3,(H,64,67)/b55-51+. The molecule has 0 aromatic carbocycles. The Kier molecular flexibility index (Phi) is 58.0. The number of hydrogen-bond donors (Lipinski definition) is 3. The van der Waals surface area contributed by atoms with Crippen LogP contribution in [-0.2, 0) is 14.3 Å². The van der Waals surface area contributed by atoms with Gasteiger partial charge in [0.05, 0.1) is 25.4 Å². The van der Waals surface area contributed by atoms with Crippen molar-refractivity contribution < 1.29 is 24.5 Å². The molecule has 2 unspecified atom stereocenters. The molecule has 3 N–H and O–H groups in total. The normalized spacial score (nSPS) is 12.6. The van der Waals surface area contributed by atoms with Gasteiger partial charge in [-0.1, -0.05) is 321 Å². The van der Waals surface area contributed by atoms with Crippen LogP contribution in [0.5, 0.6) is 0 Å². The SMILES string of the molecule is CCCCCCCCCCCCCCCCCCC/C=C/C(O)C(CO)NC(=O)CCCCCCCCCCCCCCCCCCCCCOC(=O)CCCCCCCCCCCCCCCC. The molecule has 6 nitrogen and oxygen atoms in total. The van der Waals surface area contributed by atoms with Gasteiger partial charge < -0.3 is 20.3 Å². The Labute approximate surface area is 431 Å². The molecule has 1 amide bonds. The highest BCUT2D eigenvalue weighted by Gasteiger charge is 2.18. The molecule has 6 heteroatoms. The molecule has 69 heavy (non-hydrogen) atoms. The van der Waals surface area contributed by atoms with Gasteiger partial charge in [0.15, 0.2) is 0 Å². The van der Waals surface area contributed by atoms with Crippen molar-refractivity contribution >= 4 is 11.9 Å². The molecule has 0 aromatic rings. The molecule has 0 radical (unpaired) electrons. The van der Waals surface area contributed by atoms with Crippen LogP contribution < -0.4 is 5.32 Å². The van der Waals surface area contributed by atoms with Gasteiger partial charge >= 0.3 is 5.97 Å². The number of aliphatic hydroxyl groups is 2. The maximum atomic E-state index is 12.5. The van der Waals surface area contributed by atoms with Gasteiger partial charge in [-0.25, -0.2) is 0 Å². The number of amides is 1. The predicted molar refractivity (Wildman–Crippen MR) is 301 cm³/mol. The van der Waals surface area contributed by atoms with Crippen molar-refractivity contribution in [2.24, 2.45) is 0 Å². The number of ether oxygens (including phenoxy) is 1. The molecule has 0 aliphatic carbocycles. The molecule has 0 aromatic heterocycles. The first-order valence-electron chi connectivity index (χ1n) is 31.5. The molecule has 0 rings (SSSR count). The third kappa shape index (κ3) is 55.8. The number of hydrogen-bond acceptors (Lipinski definition) is 5. The van der Waals surface area contributed by atoms with E-state index in [0.717, 1.165) is 38.5 Å². The van der Waals surface area contributed by atoms with Crippen LogP contribution in [0.1, 0.15) is 354 Å². The van der Waals surface area contributed by atoms with Gasteiger partial charge in [-0.3, -0.25) is 9.59 Å². The van der Waals surface area contributed by atoms with Crippen molar-refractivity contribution in [2.75, 3.05) is 13.2 Å². The van der Waals surface area contributed by atoms with Crippen LogP contribution in [0.3, 0.4) is 0 Å². The number of unbranched alkanes of at least 4 members (excludes halogenated alkanes) is 48. The van der Waals surface area contributed by atoms with Crippen LogP contribution in [0.2, 0.25) is 0 Å². The van der Waals surface area contributed by atoms with Crippen LogP contribution in [-0.4, -0.2) is 47.4 Å². The van der Waals surface area contributed by atoms with Crippen molar-refractivity contribution in [2.45, 2.75) is 366 Å². The molecule has 410 valence electrons. The summed E-state index contributed by atoms with van der Waals surface area (Å²) in [7, 11) is 0. The first kappa shape index (κ1) is 67.6. The van der Waals surface area contributed by atoms with Gasteiger partial charge in [-0.15, -0.1) is 0 Å². The van der Waals surface area contributed by atoms with Gasteiger partial charge in [0.2, 0.25) is 5.91 Å². The summed E-state index contributed by atoms with van der Waals surface area (Å²) < 4.78 is 5.48. The van der Waals surface area contributed by atoms with E-state index in [1.807, 2.05) is 6.08 Å². The van der Waals surface area contributed by atoms with E-state index in [1.165, 1.54) is 289 Å². The van der Waals surface area contributed by atoms with Gasteiger partial charge in [-0.05, 0) is 32.1 Å². The maximum absolute atomic E-state index is 12.5. The van der Waals surface area contributed by atoms with Gasteiger partial charge in [-0.2, -0.15) is 0 Å². The third-order valence-corrected chi connectivity index (χ3v) is 14.8. The number of carbonyl (C=O) groups excluding carboxylic acids is 2. The first-order chi connectivity index (χ1) is 34.0. The molecular weight excluding hydrogens is 851 g/mol. The quantitative estimate of drug-likeness (QED) is 0.0321. The number of carbonyl (C=O) groups is 2. The van der Waals surface area contributed by atoms with E-state index in [4.69, 9.17) is 4.74 Å². The van der Waals surface area contributed by atoms with Crippen LogP contribution in [0, 0.1) is 0 Å². The number of allylic oxidation sites excluding steroid dienone is 1. The number of esters is 1. The molecule has 0 saturated heterocycles. The highest BCUT2D eigenvalue weighted by molar-refractivity contribution is 5.76. The second-order valence-electron chi connectivity index (χ2n) is 21.8. The fourth-order valence-corrected chi connectivity index (χ4v) is 9.99. The van der Waals surface area contributed by atoms with Crippen molar-refractivity contribution in [3.8, 4) is 0 Å². The van der Waals surface area contributed by atoms with Crippen molar-refractivity contribution in [3.63, 3.8) is 0 Å². The van der Waals surface area contributed by atoms with E-state index in [-0.39, 0.29) is 18.5 Å². The molecule has 0 bridgehead atoms. The fourth-order valence-electron chi connectivity index (χ4n) is 9.99. The van der Waals surface area contributed by atoms with Gasteiger partial charge in [0.25, 0.3) is 0 Å². The maximum Gasteiger partial charge on any atom is 0.305 e. The predicted octanol–water partition coefficient (Wildman–Crippen LogP) is 19.6. The first-order valence-corrected chi connectivity index (χ1v) is 31.5. The summed E-state index contributed by atoms with van der Waals surface area (Å²) in [5.41, 5.74) is 0. The molecule has 2 atom stereocenters. The number of nitrogens with one attached hydrogen (secondary N) is 1. The van der Waals surface area contributed by atoms with Gasteiger partial charge in [0, 0.05) is 12.8 Å². The molecule has 0 saturated carbocycles. The average molecular weight is 975 g/mol. The molecule has 0 aliphatic heterocycles. The molecule has 0 spiro atoms. The Bertz CT molecular complexity index is 1030.